The Balaban J connectivity index is 2.14. The molecule has 1 heteroatoms. The second kappa shape index (κ2) is 4.58. The van der Waals surface area contributed by atoms with E-state index in [9.17, 15) is 0 Å². The van der Waals surface area contributed by atoms with Crippen LogP contribution in [0.1, 0.15) is 36.8 Å². The van der Waals surface area contributed by atoms with Crippen molar-refractivity contribution in [2.75, 3.05) is 0 Å². The summed E-state index contributed by atoms with van der Waals surface area (Å²) in [6, 6.07) is 17.6. The molecule has 0 heterocycles. The largest absolute Gasteiger partial charge is 0.327 e. The summed E-state index contributed by atoms with van der Waals surface area (Å²) in [5.41, 5.74) is 12.0. The van der Waals surface area contributed by atoms with Gasteiger partial charge in [-0.1, -0.05) is 61.9 Å². The lowest BCUT2D eigenvalue weighted by Gasteiger charge is -2.21. The molecule has 1 aliphatic carbocycles. The van der Waals surface area contributed by atoms with Crippen LogP contribution in [0.2, 0.25) is 0 Å². The average Bonchev–Trinajstić information content (AvgIpc) is 2.73. The first kappa shape index (κ1) is 11.5. The van der Waals surface area contributed by atoms with Crippen molar-refractivity contribution in [3.05, 3.63) is 59.7 Å². The summed E-state index contributed by atoms with van der Waals surface area (Å²) in [7, 11) is 0. The van der Waals surface area contributed by atoms with Crippen LogP contribution in [0.5, 0.6) is 0 Å². The summed E-state index contributed by atoms with van der Waals surface area (Å²) in [6.45, 7) is 2.20. The topological polar surface area (TPSA) is 26.0 Å². The zero-order valence-corrected chi connectivity index (χ0v) is 10.8. The van der Waals surface area contributed by atoms with Gasteiger partial charge in [-0.2, -0.15) is 0 Å². The molecular formula is C17H19N. The maximum atomic E-state index is 6.42. The molecule has 2 aromatic rings. The highest BCUT2D eigenvalue weighted by molar-refractivity contribution is 5.79. The van der Waals surface area contributed by atoms with Gasteiger partial charge in [-0.25, -0.2) is 0 Å². The van der Waals surface area contributed by atoms with Gasteiger partial charge in [0.15, 0.2) is 0 Å². The van der Waals surface area contributed by atoms with Crippen LogP contribution in [0.15, 0.2) is 48.5 Å². The van der Waals surface area contributed by atoms with E-state index >= 15 is 0 Å². The van der Waals surface area contributed by atoms with Crippen LogP contribution >= 0.6 is 0 Å². The summed E-state index contributed by atoms with van der Waals surface area (Å²) in [4.78, 5) is 0. The molecule has 0 spiro atoms. The van der Waals surface area contributed by atoms with E-state index in [2.05, 4.69) is 55.5 Å². The molecule has 1 unspecified atom stereocenters. The van der Waals surface area contributed by atoms with Crippen LogP contribution < -0.4 is 5.73 Å². The van der Waals surface area contributed by atoms with Crippen LogP contribution in [0.3, 0.4) is 0 Å². The molecule has 0 fully saturated rings. The fourth-order valence-corrected chi connectivity index (χ4v) is 3.16. The molecule has 1 aliphatic rings. The van der Waals surface area contributed by atoms with Gasteiger partial charge in [0.2, 0.25) is 0 Å². The number of nitrogens with two attached hydrogens (primary N) is 1. The van der Waals surface area contributed by atoms with E-state index in [4.69, 9.17) is 5.73 Å². The first-order valence-corrected chi connectivity index (χ1v) is 6.76. The van der Waals surface area contributed by atoms with Gasteiger partial charge in [0.1, 0.15) is 0 Å². The standard InChI is InChI=1S/C17H19N/c1-2-7-16(18)17-14-10-5-3-8-12(14)13-9-4-6-11-15(13)17/h3-6,8-11,16-17H,2,7,18H2,1H3. The van der Waals surface area contributed by atoms with Crippen LogP contribution in [0.4, 0.5) is 0 Å². The van der Waals surface area contributed by atoms with Crippen molar-refractivity contribution in [1.82, 2.24) is 0 Å². The van der Waals surface area contributed by atoms with E-state index in [0.717, 1.165) is 12.8 Å². The molecule has 0 bridgehead atoms. The van der Waals surface area contributed by atoms with Gasteiger partial charge in [0.05, 0.1) is 0 Å². The Morgan fingerprint density at radius 3 is 1.94 bits per heavy atom. The summed E-state index contributed by atoms with van der Waals surface area (Å²) >= 11 is 0. The quantitative estimate of drug-likeness (QED) is 0.860. The second-order valence-corrected chi connectivity index (χ2v) is 5.10. The minimum Gasteiger partial charge on any atom is -0.327 e. The van der Waals surface area contributed by atoms with E-state index in [1.807, 2.05) is 0 Å². The molecule has 0 aromatic heterocycles. The Hall–Kier alpha value is -1.60. The molecule has 92 valence electrons. The number of fused-ring (bicyclic) bond motifs is 3. The van der Waals surface area contributed by atoms with E-state index in [-0.39, 0.29) is 6.04 Å². The van der Waals surface area contributed by atoms with Crippen molar-refractivity contribution >= 4 is 0 Å². The van der Waals surface area contributed by atoms with Gasteiger partial charge in [-0.3, -0.25) is 0 Å². The molecule has 0 aliphatic heterocycles. The van der Waals surface area contributed by atoms with Crippen molar-refractivity contribution in [1.29, 1.82) is 0 Å². The smallest absolute Gasteiger partial charge is 0.0253 e. The van der Waals surface area contributed by atoms with Crippen molar-refractivity contribution in [3.8, 4) is 11.1 Å². The normalized spacial score (nSPS) is 15.2. The zero-order chi connectivity index (χ0) is 12.5. The molecule has 18 heavy (non-hydrogen) atoms. The number of hydrogen-bond acceptors (Lipinski definition) is 1. The van der Waals surface area contributed by atoms with Gasteiger partial charge < -0.3 is 5.73 Å². The average molecular weight is 237 g/mol. The summed E-state index contributed by atoms with van der Waals surface area (Å²) in [6.07, 6.45) is 2.22. The first-order valence-electron chi connectivity index (χ1n) is 6.76. The SMILES string of the molecule is CCCC(N)C1c2ccccc2-c2ccccc21. The van der Waals surface area contributed by atoms with Crippen LogP contribution in [-0.2, 0) is 0 Å². The Morgan fingerprint density at radius 1 is 0.944 bits per heavy atom. The number of rotatable bonds is 3. The highest BCUT2D eigenvalue weighted by Gasteiger charge is 2.31. The van der Waals surface area contributed by atoms with Crippen LogP contribution in [0.25, 0.3) is 11.1 Å². The lowest BCUT2D eigenvalue weighted by molar-refractivity contribution is 0.550. The molecule has 2 aromatic carbocycles. The lowest BCUT2D eigenvalue weighted by atomic mass is 9.88. The van der Waals surface area contributed by atoms with Crippen LogP contribution in [0, 0.1) is 0 Å². The third-order valence-corrected chi connectivity index (χ3v) is 3.93. The molecule has 0 radical (unpaired) electrons. The number of benzene rings is 2. The zero-order valence-electron chi connectivity index (χ0n) is 10.8. The van der Waals surface area contributed by atoms with Crippen molar-refractivity contribution < 1.29 is 0 Å². The number of hydrogen-bond donors (Lipinski definition) is 1. The van der Waals surface area contributed by atoms with Crippen molar-refractivity contribution in [2.24, 2.45) is 5.73 Å². The third-order valence-electron chi connectivity index (χ3n) is 3.93. The van der Waals surface area contributed by atoms with Gasteiger partial charge in [-0.05, 0) is 28.7 Å². The predicted molar refractivity (Wildman–Crippen MR) is 76.6 cm³/mol. The minimum absolute atomic E-state index is 0.222. The molecule has 3 rings (SSSR count). The molecular weight excluding hydrogens is 218 g/mol. The summed E-state index contributed by atoms with van der Waals surface area (Å²) < 4.78 is 0. The lowest BCUT2D eigenvalue weighted by Crippen LogP contribution is -2.27. The predicted octanol–water partition coefficient (Wildman–Crippen LogP) is 3.93. The molecule has 1 nitrogen and oxygen atoms in total. The van der Waals surface area contributed by atoms with Gasteiger partial charge >= 0.3 is 0 Å². The van der Waals surface area contributed by atoms with Crippen molar-refractivity contribution in [2.45, 2.75) is 31.7 Å². The molecule has 2 N–H and O–H groups in total. The Labute approximate surface area is 109 Å². The Kier molecular flexibility index (Phi) is 2.92. The first-order chi connectivity index (χ1) is 8.83. The van der Waals surface area contributed by atoms with Gasteiger partial charge in [0.25, 0.3) is 0 Å². The molecule has 0 saturated carbocycles. The van der Waals surface area contributed by atoms with E-state index < -0.39 is 0 Å². The maximum absolute atomic E-state index is 6.42. The third kappa shape index (κ3) is 1.67. The Morgan fingerprint density at radius 2 is 1.44 bits per heavy atom. The van der Waals surface area contributed by atoms with Gasteiger partial charge in [0, 0.05) is 12.0 Å². The second-order valence-electron chi connectivity index (χ2n) is 5.10. The highest BCUT2D eigenvalue weighted by Crippen LogP contribution is 2.46. The highest BCUT2D eigenvalue weighted by atomic mass is 14.7. The molecule has 0 saturated heterocycles. The Bertz CT molecular complexity index is 514. The van der Waals surface area contributed by atoms with E-state index in [1.54, 1.807) is 0 Å². The van der Waals surface area contributed by atoms with Gasteiger partial charge in [-0.15, -0.1) is 0 Å². The fourth-order valence-electron chi connectivity index (χ4n) is 3.16. The fraction of sp³-hybridized carbons (Fsp3) is 0.294. The van der Waals surface area contributed by atoms with E-state index in [0.29, 0.717) is 5.92 Å². The van der Waals surface area contributed by atoms with Crippen molar-refractivity contribution in [3.63, 3.8) is 0 Å². The van der Waals surface area contributed by atoms with E-state index in [1.165, 1.54) is 22.3 Å². The minimum atomic E-state index is 0.222. The maximum Gasteiger partial charge on any atom is 0.0253 e. The summed E-state index contributed by atoms with van der Waals surface area (Å²) in [5.74, 6) is 0.373. The van der Waals surface area contributed by atoms with Crippen LogP contribution in [-0.4, -0.2) is 6.04 Å². The molecule has 1 atom stereocenters. The summed E-state index contributed by atoms with van der Waals surface area (Å²) in [5, 5.41) is 0. The molecule has 0 amide bonds. The monoisotopic (exact) mass is 237 g/mol.